The van der Waals surface area contributed by atoms with Gasteiger partial charge in [-0.15, -0.1) is 11.8 Å². The molecule has 142 valence electrons. The van der Waals surface area contributed by atoms with Crippen LogP contribution < -0.4 is 0 Å². The van der Waals surface area contributed by atoms with Crippen molar-refractivity contribution < 1.29 is 23.1 Å². The molecule has 0 aromatic heterocycles. The van der Waals surface area contributed by atoms with Gasteiger partial charge in [0.2, 0.25) is 0 Å². The van der Waals surface area contributed by atoms with Gasteiger partial charge in [-0.3, -0.25) is 4.79 Å². The summed E-state index contributed by atoms with van der Waals surface area (Å²) in [4.78, 5) is 12.4. The second kappa shape index (κ2) is 7.74. The maximum Gasteiger partial charge on any atom is 0.438 e. The molecule has 2 aromatic carbocycles. The van der Waals surface area contributed by atoms with Gasteiger partial charge in [-0.2, -0.15) is 23.3 Å². The van der Waals surface area contributed by atoms with Gasteiger partial charge in [0.25, 0.3) is 11.6 Å². The number of benzene rings is 2. The zero-order chi connectivity index (χ0) is 19.5. The second-order valence-electron chi connectivity index (χ2n) is 6.09. The lowest BCUT2D eigenvalue weighted by Crippen LogP contribution is -2.57. The van der Waals surface area contributed by atoms with Crippen molar-refractivity contribution in [1.82, 2.24) is 5.01 Å². The van der Waals surface area contributed by atoms with Crippen LogP contribution in [0.5, 0.6) is 0 Å². The Kier molecular flexibility index (Phi) is 5.57. The molecule has 2 aromatic rings. The molecule has 1 atom stereocenters. The van der Waals surface area contributed by atoms with Gasteiger partial charge >= 0.3 is 6.18 Å². The number of aliphatic hydroxyl groups is 1. The highest BCUT2D eigenvalue weighted by atomic mass is 32.2. The van der Waals surface area contributed by atoms with Gasteiger partial charge < -0.3 is 5.11 Å². The molecule has 4 nitrogen and oxygen atoms in total. The van der Waals surface area contributed by atoms with Crippen molar-refractivity contribution in [2.24, 2.45) is 5.10 Å². The van der Waals surface area contributed by atoms with Gasteiger partial charge in [0, 0.05) is 5.75 Å². The van der Waals surface area contributed by atoms with Crippen LogP contribution in [0.2, 0.25) is 0 Å². The summed E-state index contributed by atoms with van der Waals surface area (Å²) < 4.78 is 40.5. The van der Waals surface area contributed by atoms with Crippen LogP contribution in [-0.4, -0.2) is 39.4 Å². The van der Waals surface area contributed by atoms with Crippen molar-refractivity contribution in [2.45, 2.75) is 24.1 Å². The van der Waals surface area contributed by atoms with Gasteiger partial charge in [0.05, 0.1) is 17.9 Å². The van der Waals surface area contributed by atoms with Crippen LogP contribution in [0.15, 0.2) is 65.8 Å². The smallest absolute Gasteiger partial charge is 0.362 e. The molecule has 1 N–H and O–H groups in total. The Morgan fingerprint density at radius 2 is 1.70 bits per heavy atom. The lowest BCUT2D eigenvalue weighted by Gasteiger charge is -2.32. The first-order valence-electron chi connectivity index (χ1n) is 8.18. The van der Waals surface area contributed by atoms with Crippen LogP contribution in [0.25, 0.3) is 0 Å². The fourth-order valence-electron chi connectivity index (χ4n) is 2.71. The first-order chi connectivity index (χ1) is 12.8. The SMILES string of the molecule is O=C(CSCc1ccccc1)N1N=C(c2ccccc2)C[C@]1(O)C(F)(F)F. The van der Waals surface area contributed by atoms with E-state index in [1.54, 1.807) is 30.3 Å². The van der Waals surface area contributed by atoms with Gasteiger partial charge in [0.15, 0.2) is 0 Å². The van der Waals surface area contributed by atoms with E-state index in [2.05, 4.69) is 5.10 Å². The summed E-state index contributed by atoms with van der Waals surface area (Å²) in [5.41, 5.74) is -1.91. The number of thioether (sulfide) groups is 1. The minimum Gasteiger partial charge on any atom is -0.362 e. The van der Waals surface area contributed by atoms with Gasteiger partial charge in [-0.1, -0.05) is 60.7 Å². The second-order valence-corrected chi connectivity index (χ2v) is 7.07. The average molecular weight is 394 g/mol. The molecule has 0 radical (unpaired) electrons. The standard InChI is InChI=1S/C19H17F3N2O2S/c20-19(21,22)18(26)11-16(15-9-5-2-6-10-15)23-24(18)17(25)13-27-12-14-7-3-1-4-8-14/h1-10,26H,11-13H2/t18-/m0/s1. The van der Waals surface area contributed by atoms with E-state index >= 15 is 0 Å². The third-order valence-electron chi connectivity index (χ3n) is 4.12. The summed E-state index contributed by atoms with van der Waals surface area (Å²) in [6.45, 7) is 0. The molecule has 3 rings (SSSR count). The summed E-state index contributed by atoms with van der Waals surface area (Å²) in [7, 11) is 0. The Hall–Kier alpha value is -2.32. The van der Waals surface area contributed by atoms with Gasteiger partial charge in [-0.25, -0.2) is 0 Å². The molecule has 0 saturated carbocycles. The Morgan fingerprint density at radius 3 is 2.30 bits per heavy atom. The van der Waals surface area contributed by atoms with E-state index in [1.165, 1.54) is 11.8 Å². The molecule has 1 aliphatic heterocycles. The fourth-order valence-corrected chi connectivity index (χ4v) is 3.54. The predicted molar refractivity (Wildman–Crippen MR) is 98.1 cm³/mol. The maximum absolute atomic E-state index is 13.5. The molecular weight excluding hydrogens is 377 g/mol. The summed E-state index contributed by atoms with van der Waals surface area (Å²) in [5, 5.41) is 14.3. The number of halogens is 3. The van der Waals surface area contributed by atoms with Crippen LogP contribution in [0.3, 0.4) is 0 Å². The van der Waals surface area contributed by atoms with Crippen LogP contribution >= 0.6 is 11.8 Å². The van der Waals surface area contributed by atoms with E-state index < -0.39 is 24.2 Å². The van der Waals surface area contributed by atoms with Crippen molar-refractivity contribution >= 4 is 23.4 Å². The lowest BCUT2D eigenvalue weighted by molar-refractivity contribution is -0.301. The maximum atomic E-state index is 13.5. The largest absolute Gasteiger partial charge is 0.438 e. The minimum absolute atomic E-state index is 0.0248. The Morgan fingerprint density at radius 1 is 1.11 bits per heavy atom. The van der Waals surface area contributed by atoms with Gasteiger partial charge in [-0.05, 0) is 11.1 Å². The summed E-state index contributed by atoms with van der Waals surface area (Å²) in [5.74, 6) is -0.638. The molecule has 1 heterocycles. The molecule has 0 aliphatic carbocycles. The van der Waals surface area contributed by atoms with Crippen molar-refractivity contribution in [3.8, 4) is 0 Å². The van der Waals surface area contributed by atoms with Crippen LogP contribution in [-0.2, 0) is 10.5 Å². The van der Waals surface area contributed by atoms with Gasteiger partial charge in [0.1, 0.15) is 0 Å². The first-order valence-corrected chi connectivity index (χ1v) is 9.33. The topological polar surface area (TPSA) is 52.9 Å². The molecule has 0 spiro atoms. The highest BCUT2D eigenvalue weighted by Gasteiger charge is 2.63. The Balaban J connectivity index is 1.76. The quantitative estimate of drug-likeness (QED) is 0.839. The number of amides is 1. The number of hydrogen-bond acceptors (Lipinski definition) is 4. The van der Waals surface area contributed by atoms with E-state index in [0.29, 0.717) is 11.3 Å². The third-order valence-corrected chi connectivity index (χ3v) is 5.11. The summed E-state index contributed by atoms with van der Waals surface area (Å²) in [6, 6.07) is 17.5. The summed E-state index contributed by atoms with van der Waals surface area (Å²) >= 11 is 1.17. The van der Waals surface area contributed by atoms with Crippen molar-refractivity contribution in [3.05, 3.63) is 71.8 Å². The first kappa shape index (κ1) is 19.4. The van der Waals surface area contributed by atoms with Crippen molar-refractivity contribution in [3.63, 3.8) is 0 Å². The van der Waals surface area contributed by atoms with Crippen LogP contribution in [0, 0.1) is 0 Å². The molecule has 1 amide bonds. The molecule has 0 saturated heterocycles. The number of nitrogens with zero attached hydrogens (tertiary/aromatic N) is 2. The van der Waals surface area contributed by atoms with Crippen molar-refractivity contribution in [1.29, 1.82) is 0 Å². The molecule has 1 aliphatic rings. The highest BCUT2D eigenvalue weighted by molar-refractivity contribution is 7.99. The predicted octanol–water partition coefficient (Wildman–Crippen LogP) is 3.81. The monoisotopic (exact) mass is 394 g/mol. The number of carbonyl (C=O) groups is 1. The molecule has 0 bridgehead atoms. The fraction of sp³-hybridized carbons (Fsp3) is 0.263. The lowest BCUT2D eigenvalue weighted by atomic mass is 10.0. The Labute approximate surface area is 158 Å². The van der Waals surface area contributed by atoms with Crippen molar-refractivity contribution in [2.75, 3.05) is 5.75 Å². The average Bonchev–Trinajstić information content (AvgIpc) is 3.02. The van der Waals surface area contributed by atoms with E-state index in [-0.39, 0.29) is 16.5 Å². The van der Waals surface area contributed by atoms with E-state index in [4.69, 9.17) is 0 Å². The van der Waals surface area contributed by atoms with E-state index in [1.807, 2.05) is 30.3 Å². The normalized spacial score (nSPS) is 19.9. The van der Waals surface area contributed by atoms with E-state index in [0.717, 1.165) is 5.56 Å². The number of carbonyl (C=O) groups excluding carboxylic acids is 1. The summed E-state index contributed by atoms with van der Waals surface area (Å²) in [6.07, 6.45) is -5.82. The van der Waals surface area contributed by atoms with E-state index in [9.17, 15) is 23.1 Å². The molecule has 0 fully saturated rings. The number of alkyl halides is 3. The number of hydrazone groups is 1. The molecule has 8 heteroatoms. The minimum atomic E-state index is -5.02. The molecule has 0 unspecified atom stereocenters. The zero-order valence-corrected chi connectivity index (χ0v) is 15.0. The molecule has 27 heavy (non-hydrogen) atoms. The Bertz CT molecular complexity index is 828. The molecular formula is C19H17F3N2O2S. The highest BCUT2D eigenvalue weighted by Crippen LogP contribution is 2.41. The van der Waals surface area contributed by atoms with Crippen LogP contribution in [0.4, 0.5) is 13.2 Å². The number of hydrogen-bond donors (Lipinski definition) is 1. The van der Waals surface area contributed by atoms with Crippen LogP contribution in [0.1, 0.15) is 17.5 Å². The number of rotatable bonds is 5. The third kappa shape index (κ3) is 4.17. The zero-order valence-electron chi connectivity index (χ0n) is 14.2.